The molecular formula is C59H98O6. The van der Waals surface area contributed by atoms with Gasteiger partial charge in [0.2, 0.25) is 0 Å². The van der Waals surface area contributed by atoms with E-state index in [1.807, 2.05) is 0 Å². The Labute approximate surface area is 400 Å². The SMILES string of the molecule is CC/C=C\C/C=C\C/C=C\CCCCCC(=O)OCC(COC(=O)CCCCCCCC/C=C\C/C=C\C/C=C\CCCCC)OC(=O)CCCCCCC/C=C\C/C=C\CCCCC. The van der Waals surface area contributed by atoms with Crippen molar-refractivity contribution in [2.75, 3.05) is 13.2 Å². The Balaban J connectivity index is 4.46. The molecule has 0 aliphatic rings. The van der Waals surface area contributed by atoms with Crippen LogP contribution in [0.4, 0.5) is 0 Å². The second-order valence-electron chi connectivity index (χ2n) is 17.4. The quantitative estimate of drug-likeness (QED) is 0.0262. The van der Waals surface area contributed by atoms with Gasteiger partial charge in [-0.05, 0) is 122 Å². The molecule has 0 spiro atoms. The number of carbonyl (C=O) groups is 3. The summed E-state index contributed by atoms with van der Waals surface area (Å²) in [5.41, 5.74) is 0. The lowest BCUT2D eigenvalue weighted by Crippen LogP contribution is -2.30. The molecule has 0 bridgehead atoms. The van der Waals surface area contributed by atoms with E-state index in [1.54, 1.807) is 0 Å². The summed E-state index contributed by atoms with van der Waals surface area (Å²) in [4.78, 5) is 38.0. The zero-order chi connectivity index (χ0) is 47.2. The Bertz CT molecular complexity index is 1310. The van der Waals surface area contributed by atoms with Gasteiger partial charge in [-0.15, -0.1) is 0 Å². The number of rotatable bonds is 47. The van der Waals surface area contributed by atoms with Crippen molar-refractivity contribution in [3.05, 3.63) is 97.2 Å². The maximum absolute atomic E-state index is 12.8. The fourth-order valence-electron chi connectivity index (χ4n) is 7.02. The van der Waals surface area contributed by atoms with E-state index in [0.717, 1.165) is 135 Å². The van der Waals surface area contributed by atoms with Gasteiger partial charge in [-0.2, -0.15) is 0 Å². The molecule has 370 valence electrons. The predicted octanol–water partition coefficient (Wildman–Crippen LogP) is 17.8. The number of hydrogen-bond donors (Lipinski definition) is 0. The Morgan fingerprint density at radius 1 is 0.323 bits per heavy atom. The third kappa shape index (κ3) is 51.2. The second-order valence-corrected chi connectivity index (χ2v) is 17.4. The number of ether oxygens (including phenoxy) is 3. The molecule has 0 radical (unpaired) electrons. The normalized spacial score (nSPS) is 12.8. The van der Waals surface area contributed by atoms with E-state index in [-0.39, 0.29) is 31.1 Å². The lowest BCUT2D eigenvalue weighted by molar-refractivity contribution is -0.167. The van der Waals surface area contributed by atoms with Crippen molar-refractivity contribution in [2.45, 2.75) is 245 Å². The fraction of sp³-hybridized carbons (Fsp3) is 0.678. The van der Waals surface area contributed by atoms with E-state index in [4.69, 9.17) is 14.2 Å². The van der Waals surface area contributed by atoms with Gasteiger partial charge in [0.15, 0.2) is 6.10 Å². The average molecular weight is 903 g/mol. The van der Waals surface area contributed by atoms with Crippen LogP contribution in [0.15, 0.2) is 97.2 Å². The maximum Gasteiger partial charge on any atom is 0.306 e. The van der Waals surface area contributed by atoms with Crippen molar-refractivity contribution in [1.82, 2.24) is 0 Å². The topological polar surface area (TPSA) is 78.9 Å². The molecule has 65 heavy (non-hydrogen) atoms. The molecular weight excluding hydrogens is 805 g/mol. The standard InChI is InChI=1S/C59H98O6/c1-4-7-10-13-16-19-22-25-27-28-29-30-32-34-37-40-43-46-49-52-58(61)64-55-56(54-63-57(60)51-48-45-42-39-36-33-24-21-18-15-12-9-6-3)65-59(62)53-50-47-44-41-38-35-31-26-23-20-17-14-11-8-5-2/h9,12,16-21,25-27,29-31,33,36,56H,4-8,10-11,13-15,22-24,28,32,34-35,37-55H2,1-3H3/b12-9-,19-16-,20-17-,21-18-,27-25-,30-29-,31-26-,36-33-. The van der Waals surface area contributed by atoms with Crippen LogP contribution in [0.3, 0.4) is 0 Å². The van der Waals surface area contributed by atoms with Gasteiger partial charge in [0.05, 0.1) is 0 Å². The van der Waals surface area contributed by atoms with Crippen LogP contribution in [0.2, 0.25) is 0 Å². The summed E-state index contributed by atoms with van der Waals surface area (Å²) >= 11 is 0. The minimum atomic E-state index is -0.803. The van der Waals surface area contributed by atoms with Crippen molar-refractivity contribution in [3.63, 3.8) is 0 Å². The highest BCUT2D eigenvalue weighted by atomic mass is 16.6. The van der Waals surface area contributed by atoms with Crippen LogP contribution in [0.5, 0.6) is 0 Å². The van der Waals surface area contributed by atoms with E-state index in [1.165, 1.54) is 64.2 Å². The fourth-order valence-corrected chi connectivity index (χ4v) is 7.02. The summed E-state index contributed by atoms with van der Waals surface area (Å²) in [5, 5.41) is 0. The van der Waals surface area contributed by atoms with Crippen LogP contribution >= 0.6 is 0 Å². The molecule has 0 aromatic heterocycles. The van der Waals surface area contributed by atoms with Crippen LogP contribution < -0.4 is 0 Å². The smallest absolute Gasteiger partial charge is 0.306 e. The van der Waals surface area contributed by atoms with Gasteiger partial charge in [-0.3, -0.25) is 14.4 Å². The summed E-state index contributed by atoms with van der Waals surface area (Å²) < 4.78 is 16.8. The number of hydrogen-bond acceptors (Lipinski definition) is 6. The average Bonchev–Trinajstić information content (AvgIpc) is 3.30. The van der Waals surface area contributed by atoms with Crippen molar-refractivity contribution in [3.8, 4) is 0 Å². The Hall–Kier alpha value is -3.67. The molecule has 6 heteroatoms. The first-order valence-corrected chi connectivity index (χ1v) is 26.7. The molecule has 0 saturated heterocycles. The lowest BCUT2D eigenvalue weighted by atomic mass is 10.1. The molecule has 0 saturated carbocycles. The first-order chi connectivity index (χ1) is 32.0. The highest BCUT2D eigenvalue weighted by molar-refractivity contribution is 5.71. The number of carbonyl (C=O) groups excluding carboxylic acids is 3. The van der Waals surface area contributed by atoms with E-state index in [2.05, 4.69) is 118 Å². The molecule has 0 aliphatic carbocycles. The summed E-state index contributed by atoms with van der Waals surface area (Å²) in [6, 6.07) is 0. The molecule has 0 aromatic carbocycles. The molecule has 1 unspecified atom stereocenters. The van der Waals surface area contributed by atoms with Gasteiger partial charge in [0.1, 0.15) is 13.2 Å². The van der Waals surface area contributed by atoms with Gasteiger partial charge >= 0.3 is 17.9 Å². The van der Waals surface area contributed by atoms with Gasteiger partial charge in [0.25, 0.3) is 0 Å². The summed E-state index contributed by atoms with van der Waals surface area (Å²) in [5.74, 6) is -0.958. The number of unbranched alkanes of at least 4 members (excludes halogenated alkanes) is 20. The first-order valence-electron chi connectivity index (χ1n) is 26.7. The Kier molecular flexibility index (Phi) is 50.0. The molecule has 0 aromatic rings. The highest BCUT2D eigenvalue weighted by Crippen LogP contribution is 2.13. The summed E-state index contributed by atoms with van der Waals surface area (Å²) in [6.45, 7) is 6.41. The predicted molar refractivity (Wildman–Crippen MR) is 279 cm³/mol. The van der Waals surface area contributed by atoms with E-state index in [9.17, 15) is 14.4 Å². The Morgan fingerprint density at radius 3 is 0.954 bits per heavy atom. The van der Waals surface area contributed by atoms with Gasteiger partial charge in [-0.25, -0.2) is 0 Å². The molecule has 0 aliphatic heterocycles. The van der Waals surface area contributed by atoms with Crippen LogP contribution in [-0.4, -0.2) is 37.2 Å². The molecule has 0 fully saturated rings. The molecule has 1 atom stereocenters. The second kappa shape index (κ2) is 52.9. The van der Waals surface area contributed by atoms with Crippen molar-refractivity contribution >= 4 is 17.9 Å². The summed E-state index contributed by atoms with van der Waals surface area (Å²) in [7, 11) is 0. The minimum Gasteiger partial charge on any atom is -0.462 e. The van der Waals surface area contributed by atoms with Crippen LogP contribution in [0, 0.1) is 0 Å². The van der Waals surface area contributed by atoms with Crippen LogP contribution in [0.1, 0.15) is 239 Å². The van der Waals surface area contributed by atoms with E-state index >= 15 is 0 Å². The van der Waals surface area contributed by atoms with E-state index < -0.39 is 6.10 Å². The maximum atomic E-state index is 12.8. The van der Waals surface area contributed by atoms with Gasteiger partial charge < -0.3 is 14.2 Å². The van der Waals surface area contributed by atoms with Crippen molar-refractivity contribution in [2.24, 2.45) is 0 Å². The summed E-state index contributed by atoms with van der Waals surface area (Å²) in [6.07, 6.45) is 69.6. The molecule has 0 amide bonds. The molecule has 6 nitrogen and oxygen atoms in total. The van der Waals surface area contributed by atoms with Crippen molar-refractivity contribution in [1.29, 1.82) is 0 Å². The monoisotopic (exact) mass is 903 g/mol. The molecule has 0 rings (SSSR count). The van der Waals surface area contributed by atoms with E-state index in [0.29, 0.717) is 19.3 Å². The van der Waals surface area contributed by atoms with Crippen LogP contribution in [-0.2, 0) is 28.6 Å². The largest absolute Gasteiger partial charge is 0.462 e. The number of allylic oxidation sites excluding steroid dienone is 16. The highest BCUT2D eigenvalue weighted by Gasteiger charge is 2.19. The number of esters is 3. The van der Waals surface area contributed by atoms with Crippen molar-refractivity contribution < 1.29 is 28.6 Å². The minimum absolute atomic E-state index is 0.101. The lowest BCUT2D eigenvalue weighted by Gasteiger charge is -2.18. The first kappa shape index (κ1) is 61.3. The zero-order valence-electron chi connectivity index (χ0n) is 42.2. The molecule has 0 N–H and O–H groups in total. The zero-order valence-corrected chi connectivity index (χ0v) is 42.2. The van der Waals surface area contributed by atoms with Gasteiger partial charge in [0, 0.05) is 19.3 Å². The third-order valence-corrected chi connectivity index (χ3v) is 11.0. The molecule has 0 heterocycles. The van der Waals surface area contributed by atoms with Crippen LogP contribution in [0.25, 0.3) is 0 Å². The third-order valence-electron chi connectivity index (χ3n) is 11.0. The van der Waals surface area contributed by atoms with Gasteiger partial charge in [-0.1, -0.05) is 195 Å². The Morgan fingerprint density at radius 2 is 0.600 bits per heavy atom.